The van der Waals surface area contributed by atoms with Crippen LogP contribution in [0, 0.1) is 5.92 Å². The Balaban J connectivity index is 2.29. The molecule has 1 rings (SSSR count). The fourth-order valence-electron chi connectivity index (χ4n) is 2.15. The number of carbonyl (C=O) groups is 1. The molecule has 1 atom stereocenters. The molecule has 0 spiro atoms. The zero-order chi connectivity index (χ0) is 11.3. The van der Waals surface area contributed by atoms with Crippen LogP contribution in [0.3, 0.4) is 0 Å². The minimum Gasteiger partial charge on any atom is -0.464 e. The quantitative estimate of drug-likeness (QED) is 0.712. The Bertz CT molecular complexity index is 210. The third-order valence-electron chi connectivity index (χ3n) is 3.18. The van der Waals surface area contributed by atoms with Crippen molar-refractivity contribution in [2.75, 3.05) is 6.61 Å². The third-order valence-corrected chi connectivity index (χ3v) is 3.18. The molecule has 0 aliphatic heterocycles. The van der Waals surface area contributed by atoms with Crippen molar-refractivity contribution in [2.45, 2.75) is 57.9 Å². The van der Waals surface area contributed by atoms with E-state index in [1.165, 1.54) is 0 Å². The van der Waals surface area contributed by atoms with E-state index in [-0.39, 0.29) is 5.97 Å². The van der Waals surface area contributed by atoms with Gasteiger partial charge in [0.25, 0.3) is 0 Å². The number of hydrogen-bond donors (Lipinski definition) is 1. The average Bonchev–Trinajstić information content (AvgIpc) is 2.63. The third kappa shape index (κ3) is 3.49. The summed E-state index contributed by atoms with van der Waals surface area (Å²) in [5, 5.41) is 0. The first kappa shape index (κ1) is 12.5. The molecule has 3 heteroatoms. The van der Waals surface area contributed by atoms with Crippen molar-refractivity contribution in [1.82, 2.24) is 0 Å². The van der Waals surface area contributed by atoms with Crippen LogP contribution >= 0.6 is 0 Å². The fourth-order valence-corrected chi connectivity index (χ4v) is 2.15. The minimum absolute atomic E-state index is 0.192. The minimum atomic E-state index is -0.675. The van der Waals surface area contributed by atoms with E-state index in [1.807, 2.05) is 0 Å². The molecule has 15 heavy (non-hydrogen) atoms. The molecule has 0 aromatic heterocycles. The molecule has 88 valence electrons. The Morgan fingerprint density at radius 1 is 1.47 bits per heavy atom. The monoisotopic (exact) mass is 213 g/mol. The molecule has 0 amide bonds. The maximum absolute atomic E-state index is 11.7. The number of ether oxygens (including phenoxy) is 1. The van der Waals surface area contributed by atoms with Crippen LogP contribution < -0.4 is 5.73 Å². The van der Waals surface area contributed by atoms with Crippen molar-refractivity contribution in [3.8, 4) is 0 Å². The normalized spacial score (nSPS) is 21.3. The van der Waals surface area contributed by atoms with Crippen LogP contribution in [-0.2, 0) is 9.53 Å². The van der Waals surface area contributed by atoms with Gasteiger partial charge in [-0.15, -0.1) is 0 Å². The largest absolute Gasteiger partial charge is 0.464 e. The fraction of sp³-hybridized carbons (Fsp3) is 0.917. The first-order valence-electron chi connectivity index (χ1n) is 6.04. The Morgan fingerprint density at radius 2 is 2.07 bits per heavy atom. The summed E-state index contributed by atoms with van der Waals surface area (Å²) in [6.45, 7) is 4.76. The molecule has 0 aromatic rings. The van der Waals surface area contributed by atoms with Crippen LogP contribution in [0.1, 0.15) is 52.4 Å². The standard InChI is InChI=1S/C12H23NO2/c1-3-6-10(2)9-15-11(14)12(13)7-4-5-8-12/h10H,3-9,13H2,1-2H3. The van der Waals surface area contributed by atoms with Gasteiger partial charge >= 0.3 is 5.97 Å². The van der Waals surface area contributed by atoms with E-state index < -0.39 is 5.54 Å². The Hall–Kier alpha value is -0.570. The number of carbonyl (C=O) groups excluding carboxylic acids is 1. The van der Waals surface area contributed by atoms with Crippen LogP contribution in [-0.4, -0.2) is 18.1 Å². The second-order valence-electron chi connectivity index (χ2n) is 4.86. The molecule has 1 saturated carbocycles. The average molecular weight is 213 g/mol. The summed E-state index contributed by atoms with van der Waals surface area (Å²) in [6, 6.07) is 0. The molecule has 2 N–H and O–H groups in total. The van der Waals surface area contributed by atoms with Gasteiger partial charge in [-0.3, -0.25) is 4.79 Å². The summed E-state index contributed by atoms with van der Waals surface area (Å²) in [6.07, 6.45) is 5.91. The van der Waals surface area contributed by atoms with Gasteiger partial charge in [-0.25, -0.2) is 0 Å². The van der Waals surface area contributed by atoms with Crippen molar-refractivity contribution in [3.63, 3.8) is 0 Å². The smallest absolute Gasteiger partial charge is 0.326 e. The molecule has 0 heterocycles. The Labute approximate surface area is 92.4 Å². The Morgan fingerprint density at radius 3 is 2.60 bits per heavy atom. The maximum Gasteiger partial charge on any atom is 0.326 e. The number of hydrogen-bond acceptors (Lipinski definition) is 3. The van der Waals surface area contributed by atoms with Gasteiger partial charge in [0.2, 0.25) is 0 Å². The predicted molar refractivity (Wildman–Crippen MR) is 60.4 cm³/mol. The highest BCUT2D eigenvalue weighted by atomic mass is 16.5. The number of nitrogens with two attached hydrogens (primary N) is 1. The van der Waals surface area contributed by atoms with Gasteiger partial charge in [-0.2, -0.15) is 0 Å². The van der Waals surface area contributed by atoms with Gasteiger partial charge in [0.1, 0.15) is 5.54 Å². The van der Waals surface area contributed by atoms with E-state index in [2.05, 4.69) is 13.8 Å². The van der Waals surface area contributed by atoms with Crippen LogP contribution in [0.5, 0.6) is 0 Å². The second-order valence-corrected chi connectivity index (χ2v) is 4.86. The molecule has 0 aromatic carbocycles. The van der Waals surface area contributed by atoms with Crippen molar-refractivity contribution in [2.24, 2.45) is 11.7 Å². The topological polar surface area (TPSA) is 52.3 Å². The van der Waals surface area contributed by atoms with Crippen molar-refractivity contribution < 1.29 is 9.53 Å². The molecule has 1 fully saturated rings. The highest BCUT2D eigenvalue weighted by molar-refractivity contribution is 5.80. The highest BCUT2D eigenvalue weighted by Crippen LogP contribution is 2.28. The Kier molecular flexibility index (Phi) is 4.58. The molecule has 0 bridgehead atoms. The maximum atomic E-state index is 11.7. The van der Waals surface area contributed by atoms with E-state index in [4.69, 9.17) is 10.5 Å². The summed E-state index contributed by atoms with van der Waals surface area (Å²) < 4.78 is 5.28. The zero-order valence-corrected chi connectivity index (χ0v) is 9.92. The van der Waals surface area contributed by atoms with Crippen LogP contribution in [0.15, 0.2) is 0 Å². The van der Waals surface area contributed by atoms with Gasteiger partial charge in [0.15, 0.2) is 0 Å². The number of rotatable bonds is 5. The summed E-state index contributed by atoms with van der Waals surface area (Å²) in [4.78, 5) is 11.7. The van der Waals surface area contributed by atoms with E-state index >= 15 is 0 Å². The number of esters is 1. The van der Waals surface area contributed by atoms with Crippen molar-refractivity contribution in [3.05, 3.63) is 0 Å². The van der Waals surface area contributed by atoms with E-state index in [0.717, 1.165) is 38.5 Å². The van der Waals surface area contributed by atoms with E-state index in [0.29, 0.717) is 12.5 Å². The summed E-state index contributed by atoms with van der Waals surface area (Å²) in [5.74, 6) is 0.256. The van der Waals surface area contributed by atoms with Crippen LogP contribution in [0.4, 0.5) is 0 Å². The zero-order valence-electron chi connectivity index (χ0n) is 9.92. The van der Waals surface area contributed by atoms with Crippen LogP contribution in [0.2, 0.25) is 0 Å². The van der Waals surface area contributed by atoms with Gasteiger partial charge in [-0.1, -0.05) is 33.1 Å². The lowest BCUT2D eigenvalue weighted by Gasteiger charge is -2.22. The summed E-state index contributed by atoms with van der Waals surface area (Å²) >= 11 is 0. The first-order valence-corrected chi connectivity index (χ1v) is 6.04. The lowest BCUT2D eigenvalue weighted by atomic mass is 10.00. The summed E-state index contributed by atoms with van der Waals surface area (Å²) in [7, 11) is 0. The first-order chi connectivity index (χ1) is 7.08. The highest BCUT2D eigenvalue weighted by Gasteiger charge is 2.38. The predicted octanol–water partition coefficient (Wildman–Crippen LogP) is 2.24. The molecule has 0 radical (unpaired) electrons. The van der Waals surface area contributed by atoms with Gasteiger partial charge in [-0.05, 0) is 25.2 Å². The van der Waals surface area contributed by atoms with Crippen LogP contribution in [0.25, 0.3) is 0 Å². The summed E-state index contributed by atoms with van der Waals surface area (Å²) in [5.41, 5.74) is 5.31. The molecule has 3 nitrogen and oxygen atoms in total. The SMILES string of the molecule is CCCC(C)COC(=O)C1(N)CCCC1. The van der Waals surface area contributed by atoms with E-state index in [9.17, 15) is 4.79 Å². The van der Waals surface area contributed by atoms with Crippen molar-refractivity contribution >= 4 is 5.97 Å². The lowest BCUT2D eigenvalue weighted by Crippen LogP contribution is -2.46. The molecular weight excluding hydrogens is 190 g/mol. The second kappa shape index (κ2) is 5.50. The van der Waals surface area contributed by atoms with Gasteiger partial charge in [0, 0.05) is 0 Å². The molecule has 0 saturated heterocycles. The molecule has 1 aliphatic carbocycles. The molecule has 1 aliphatic rings. The van der Waals surface area contributed by atoms with Crippen molar-refractivity contribution in [1.29, 1.82) is 0 Å². The molecule has 1 unspecified atom stereocenters. The van der Waals surface area contributed by atoms with E-state index in [1.54, 1.807) is 0 Å². The van der Waals surface area contributed by atoms with Gasteiger partial charge in [0.05, 0.1) is 6.61 Å². The lowest BCUT2D eigenvalue weighted by molar-refractivity contribution is -0.151. The molecular formula is C12H23NO2. The van der Waals surface area contributed by atoms with Gasteiger partial charge < -0.3 is 10.5 Å².